The Labute approximate surface area is 139 Å². The third-order valence-corrected chi connectivity index (χ3v) is 3.56. The van der Waals surface area contributed by atoms with Gasteiger partial charge < -0.3 is 15.5 Å². The SMILES string of the molecule is O=C(O)N1CCC(O)=C(C(=S)Nc2ccccc2C(F)(F)F)C1=O. The number of nitrogens with one attached hydrogen (secondary N) is 1. The molecule has 0 atom stereocenters. The van der Waals surface area contributed by atoms with E-state index >= 15 is 0 Å². The number of thiocarbonyl (C=S) groups is 1. The number of carbonyl (C=O) groups is 2. The molecule has 128 valence electrons. The third kappa shape index (κ3) is 3.48. The molecule has 0 unspecified atom stereocenters. The van der Waals surface area contributed by atoms with Gasteiger partial charge >= 0.3 is 12.3 Å². The van der Waals surface area contributed by atoms with Gasteiger partial charge in [-0.15, -0.1) is 0 Å². The van der Waals surface area contributed by atoms with Crippen LogP contribution in [0.15, 0.2) is 35.6 Å². The molecular formula is C14H11F3N2O4S. The van der Waals surface area contributed by atoms with Crippen molar-refractivity contribution in [1.29, 1.82) is 0 Å². The van der Waals surface area contributed by atoms with Crippen LogP contribution in [0, 0.1) is 0 Å². The second-order valence-electron chi connectivity index (χ2n) is 4.81. The van der Waals surface area contributed by atoms with Gasteiger partial charge in [0.05, 0.1) is 11.3 Å². The zero-order valence-corrected chi connectivity index (χ0v) is 12.7. The van der Waals surface area contributed by atoms with Crippen LogP contribution < -0.4 is 5.32 Å². The fourth-order valence-electron chi connectivity index (χ4n) is 2.14. The number of rotatable bonds is 2. The van der Waals surface area contributed by atoms with Crippen molar-refractivity contribution in [2.24, 2.45) is 0 Å². The molecule has 0 fully saturated rings. The lowest BCUT2D eigenvalue weighted by atomic mass is 10.1. The Morgan fingerprint density at radius 3 is 2.50 bits per heavy atom. The first kappa shape index (κ1) is 17.7. The van der Waals surface area contributed by atoms with E-state index < -0.39 is 45.7 Å². The van der Waals surface area contributed by atoms with Crippen LogP contribution in [-0.4, -0.2) is 38.6 Å². The Bertz CT molecular complexity index is 746. The molecule has 1 aromatic carbocycles. The molecule has 2 rings (SSSR count). The maximum absolute atomic E-state index is 13.0. The summed E-state index contributed by atoms with van der Waals surface area (Å²) in [7, 11) is 0. The number of halogens is 3. The Morgan fingerprint density at radius 1 is 1.29 bits per heavy atom. The number of aliphatic hydroxyl groups is 1. The summed E-state index contributed by atoms with van der Waals surface area (Å²) in [5, 5.41) is 21.0. The first-order valence-electron chi connectivity index (χ1n) is 6.57. The van der Waals surface area contributed by atoms with Crippen molar-refractivity contribution in [3.05, 3.63) is 41.2 Å². The van der Waals surface area contributed by atoms with E-state index in [1.807, 2.05) is 0 Å². The Morgan fingerprint density at radius 2 is 1.92 bits per heavy atom. The van der Waals surface area contributed by atoms with Crippen molar-refractivity contribution >= 4 is 34.9 Å². The number of alkyl halides is 3. The molecule has 0 saturated carbocycles. The number of anilines is 1. The maximum atomic E-state index is 13.0. The van der Waals surface area contributed by atoms with Gasteiger partial charge in [-0.25, -0.2) is 9.69 Å². The molecule has 3 N–H and O–H groups in total. The van der Waals surface area contributed by atoms with Gasteiger partial charge in [0.25, 0.3) is 5.91 Å². The first-order valence-corrected chi connectivity index (χ1v) is 6.98. The largest absolute Gasteiger partial charge is 0.511 e. The minimum absolute atomic E-state index is 0.171. The normalized spacial score (nSPS) is 15.5. The quantitative estimate of drug-likeness (QED) is 0.702. The molecular weight excluding hydrogens is 349 g/mol. The lowest BCUT2D eigenvalue weighted by Gasteiger charge is -2.25. The van der Waals surface area contributed by atoms with Crippen molar-refractivity contribution in [3.63, 3.8) is 0 Å². The third-order valence-electron chi connectivity index (χ3n) is 3.26. The van der Waals surface area contributed by atoms with Gasteiger partial charge in [0, 0.05) is 13.0 Å². The molecule has 0 aliphatic carbocycles. The van der Waals surface area contributed by atoms with E-state index in [0.717, 1.165) is 12.1 Å². The minimum Gasteiger partial charge on any atom is -0.511 e. The fourth-order valence-corrected chi connectivity index (χ4v) is 2.45. The number of aliphatic hydroxyl groups excluding tert-OH is 1. The minimum atomic E-state index is -4.65. The summed E-state index contributed by atoms with van der Waals surface area (Å²) in [6.45, 7) is -0.259. The summed E-state index contributed by atoms with van der Waals surface area (Å²) < 4.78 is 38.9. The predicted octanol–water partition coefficient (Wildman–Crippen LogP) is 3.17. The molecule has 1 aliphatic heterocycles. The Balaban J connectivity index is 2.34. The van der Waals surface area contributed by atoms with Crippen molar-refractivity contribution in [3.8, 4) is 0 Å². The van der Waals surface area contributed by atoms with Gasteiger partial charge in [0.15, 0.2) is 0 Å². The number of carboxylic acid groups (broad SMARTS) is 1. The molecule has 0 bridgehead atoms. The molecule has 2 amide bonds. The zero-order valence-electron chi connectivity index (χ0n) is 11.9. The highest BCUT2D eigenvalue weighted by atomic mass is 32.1. The summed E-state index contributed by atoms with van der Waals surface area (Å²) in [5.74, 6) is -1.56. The molecule has 0 saturated heterocycles. The summed E-state index contributed by atoms with van der Waals surface area (Å²) in [6.07, 6.45) is -6.36. The van der Waals surface area contributed by atoms with Crippen LogP contribution in [0.1, 0.15) is 12.0 Å². The second kappa shape index (κ2) is 6.48. The highest BCUT2D eigenvalue weighted by Gasteiger charge is 2.36. The van der Waals surface area contributed by atoms with Crippen molar-refractivity contribution < 1.29 is 33.0 Å². The highest BCUT2D eigenvalue weighted by molar-refractivity contribution is 7.81. The Hall–Kier alpha value is -2.62. The van der Waals surface area contributed by atoms with E-state index in [-0.39, 0.29) is 13.0 Å². The van der Waals surface area contributed by atoms with Gasteiger partial charge in [0.1, 0.15) is 16.3 Å². The van der Waals surface area contributed by atoms with Gasteiger partial charge in [-0.2, -0.15) is 13.2 Å². The van der Waals surface area contributed by atoms with Crippen molar-refractivity contribution in [2.45, 2.75) is 12.6 Å². The van der Waals surface area contributed by atoms with E-state index in [1.165, 1.54) is 12.1 Å². The molecule has 24 heavy (non-hydrogen) atoms. The number of hydrogen-bond donors (Lipinski definition) is 3. The van der Waals surface area contributed by atoms with E-state index in [2.05, 4.69) is 5.32 Å². The molecule has 6 nitrogen and oxygen atoms in total. The molecule has 1 heterocycles. The predicted molar refractivity (Wildman–Crippen MR) is 81.7 cm³/mol. The van der Waals surface area contributed by atoms with Crippen LogP contribution in [0.5, 0.6) is 0 Å². The van der Waals surface area contributed by atoms with E-state index in [4.69, 9.17) is 17.3 Å². The van der Waals surface area contributed by atoms with Crippen molar-refractivity contribution in [1.82, 2.24) is 4.90 Å². The lowest BCUT2D eigenvalue weighted by Crippen LogP contribution is -2.43. The number of amides is 2. The number of para-hydroxylation sites is 1. The fraction of sp³-hybridized carbons (Fsp3) is 0.214. The Kier molecular flexibility index (Phi) is 4.78. The molecule has 1 aliphatic rings. The number of imide groups is 1. The average molecular weight is 360 g/mol. The lowest BCUT2D eigenvalue weighted by molar-refractivity contribution is -0.137. The second-order valence-corrected chi connectivity index (χ2v) is 5.22. The first-order chi connectivity index (χ1) is 11.1. The standard InChI is InChI=1S/C14H11F3N2O4S/c15-14(16,17)7-3-1-2-4-8(7)18-11(24)10-9(20)5-6-19(12(10)21)13(22)23/h1-4,20H,5-6H2,(H,18,24)(H,22,23). The molecule has 0 spiro atoms. The smallest absolute Gasteiger partial charge is 0.418 e. The van der Waals surface area contributed by atoms with Gasteiger partial charge in [0.2, 0.25) is 0 Å². The summed E-state index contributed by atoms with van der Waals surface area (Å²) in [5.41, 5.74) is -1.95. The monoisotopic (exact) mass is 360 g/mol. The highest BCUT2D eigenvalue weighted by Crippen LogP contribution is 2.35. The topological polar surface area (TPSA) is 89.9 Å². The molecule has 0 aromatic heterocycles. The van der Waals surface area contributed by atoms with E-state index in [1.54, 1.807) is 0 Å². The number of benzene rings is 1. The van der Waals surface area contributed by atoms with Crippen molar-refractivity contribution in [2.75, 3.05) is 11.9 Å². The number of nitrogens with zero attached hydrogens (tertiary/aromatic N) is 1. The summed E-state index contributed by atoms with van der Waals surface area (Å²) in [6, 6.07) is 4.45. The van der Waals surface area contributed by atoms with Crippen LogP contribution in [-0.2, 0) is 11.0 Å². The van der Waals surface area contributed by atoms with E-state index in [0.29, 0.717) is 4.90 Å². The maximum Gasteiger partial charge on any atom is 0.418 e. The van der Waals surface area contributed by atoms with Gasteiger partial charge in [-0.05, 0) is 12.1 Å². The summed E-state index contributed by atoms with van der Waals surface area (Å²) >= 11 is 4.90. The van der Waals surface area contributed by atoms with Gasteiger partial charge in [-0.1, -0.05) is 24.4 Å². The molecule has 0 radical (unpaired) electrons. The van der Waals surface area contributed by atoms with E-state index in [9.17, 15) is 27.9 Å². The van der Waals surface area contributed by atoms with Crippen LogP contribution in [0.2, 0.25) is 0 Å². The number of carbonyl (C=O) groups excluding carboxylic acids is 1. The van der Waals surface area contributed by atoms with Crippen LogP contribution in [0.3, 0.4) is 0 Å². The van der Waals surface area contributed by atoms with Crippen LogP contribution >= 0.6 is 12.2 Å². The summed E-state index contributed by atoms with van der Waals surface area (Å²) in [4.78, 5) is 23.0. The van der Waals surface area contributed by atoms with Gasteiger partial charge in [-0.3, -0.25) is 4.79 Å². The average Bonchev–Trinajstić information content (AvgIpc) is 2.46. The molecule has 1 aromatic rings. The number of hydrogen-bond acceptors (Lipinski definition) is 4. The van der Waals surface area contributed by atoms with Crippen LogP contribution in [0.4, 0.5) is 23.7 Å². The zero-order chi connectivity index (χ0) is 18.1. The van der Waals surface area contributed by atoms with Crippen LogP contribution in [0.25, 0.3) is 0 Å². The molecule has 10 heteroatoms.